The molecule has 2 amide bonds. The maximum absolute atomic E-state index is 12.5. The molecule has 3 rings (SSSR count). The van der Waals surface area contributed by atoms with Gasteiger partial charge in [-0.05, 0) is 35.9 Å². The lowest BCUT2D eigenvalue weighted by molar-refractivity contribution is -0.126. The van der Waals surface area contributed by atoms with Gasteiger partial charge in [0.15, 0.2) is 0 Å². The molecule has 0 spiro atoms. The van der Waals surface area contributed by atoms with E-state index < -0.39 is 0 Å². The number of phenolic OH excluding ortho intramolecular Hbond substituents is 1. The topological polar surface area (TPSA) is 69.6 Å². The summed E-state index contributed by atoms with van der Waals surface area (Å²) in [6.45, 7) is -0.155. The molecule has 5 nitrogen and oxygen atoms in total. The second kappa shape index (κ2) is 7.50. The molecule has 25 heavy (non-hydrogen) atoms. The Kier molecular flexibility index (Phi) is 5.16. The molecule has 126 valence electrons. The number of nitrogens with one attached hydrogen (secondary N) is 1. The lowest BCUT2D eigenvalue weighted by Crippen LogP contribution is -2.36. The Balaban J connectivity index is 1.67. The van der Waals surface area contributed by atoms with Crippen LogP contribution in [0.25, 0.3) is 6.08 Å². The van der Waals surface area contributed by atoms with E-state index in [4.69, 9.17) is 12.2 Å². The molecule has 1 aliphatic rings. The Hall–Kier alpha value is -2.64. The predicted octanol–water partition coefficient (Wildman–Crippen LogP) is 3.23. The van der Waals surface area contributed by atoms with Gasteiger partial charge in [-0.25, -0.2) is 0 Å². The number of hydrogen-bond acceptors (Lipinski definition) is 5. The molecule has 0 atom stereocenters. The summed E-state index contributed by atoms with van der Waals surface area (Å²) in [6, 6.07) is 15.6. The fraction of sp³-hybridized carbons (Fsp3) is 0.0556. The molecule has 2 aromatic rings. The Morgan fingerprint density at radius 1 is 1.16 bits per heavy atom. The molecule has 1 saturated heterocycles. The number of carbonyl (C=O) groups excluding carboxylic acids is 2. The lowest BCUT2D eigenvalue weighted by atomic mass is 10.2. The van der Waals surface area contributed by atoms with Gasteiger partial charge in [0.1, 0.15) is 16.6 Å². The third kappa shape index (κ3) is 4.26. The zero-order chi connectivity index (χ0) is 17.8. The first kappa shape index (κ1) is 17.2. The smallest absolute Gasteiger partial charge is 0.266 e. The monoisotopic (exact) mass is 370 g/mol. The van der Waals surface area contributed by atoms with Gasteiger partial charge in [0.25, 0.3) is 5.91 Å². The second-order valence-corrected chi connectivity index (χ2v) is 6.95. The van der Waals surface area contributed by atoms with Gasteiger partial charge < -0.3 is 10.4 Å². The van der Waals surface area contributed by atoms with Gasteiger partial charge in [0.05, 0.1) is 4.91 Å². The van der Waals surface area contributed by atoms with Crippen LogP contribution in [0.4, 0.5) is 5.69 Å². The van der Waals surface area contributed by atoms with Crippen molar-refractivity contribution in [3.8, 4) is 5.75 Å². The van der Waals surface area contributed by atoms with Crippen LogP contribution in [0.3, 0.4) is 0 Å². The molecule has 0 aliphatic carbocycles. The molecule has 7 heteroatoms. The number of thiocarbonyl (C=S) groups is 1. The number of phenols is 1. The van der Waals surface area contributed by atoms with E-state index in [2.05, 4.69) is 5.32 Å². The summed E-state index contributed by atoms with van der Waals surface area (Å²) in [4.78, 5) is 26.4. The third-order valence-corrected chi connectivity index (χ3v) is 4.80. The van der Waals surface area contributed by atoms with Crippen LogP contribution in [0.5, 0.6) is 5.75 Å². The van der Waals surface area contributed by atoms with Gasteiger partial charge in [-0.15, -0.1) is 0 Å². The number of benzene rings is 2. The summed E-state index contributed by atoms with van der Waals surface area (Å²) >= 11 is 6.41. The summed E-state index contributed by atoms with van der Waals surface area (Å²) < 4.78 is 0.355. The van der Waals surface area contributed by atoms with E-state index >= 15 is 0 Å². The van der Waals surface area contributed by atoms with Crippen molar-refractivity contribution in [1.82, 2.24) is 4.90 Å². The van der Waals surface area contributed by atoms with Crippen molar-refractivity contribution in [2.45, 2.75) is 0 Å². The van der Waals surface area contributed by atoms with Gasteiger partial charge in [0, 0.05) is 5.69 Å². The van der Waals surface area contributed by atoms with Gasteiger partial charge in [-0.2, -0.15) is 0 Å². The van der Waals surface area contributed by atoms with E-state index in [9.17, 15) is 14.7 Å². The average molecular weight is 370 g/mol. The van der Waals surface area contributed by atoms with Crippen molar-refractivity contribution in [3.63, 3.8) is 0 Å². The van der Waals surface area contributed by atoms with E-state index in [1.165, 1.54) is 28.8 Å². The highest BCUT2D eigenvalue weighted by Gasteiger charge is 2.33. The van der Waals surface area contributed by atoms with E-state index in [0.29, 0.717) is 14.9 Å². The summed E-state index contributed by atoms with van der Waals surface area (Å²) in [6.07, 6.45) is 1.76. The molecule has 0 unspecified atom stereocenters. The first-order chi connectivity index (χ1) is 12.0. The predicted molar refractivity (Wildman–Crippen MR) is 103 cm³/mol. The zero-order valence-corrected chi connectivity index (χ0v) is 14.6. The molecule has 0 bridgehead atoms. The first-order valence-electron chi connectivity index (χ1n) is 7.42. The number of nitrogens with zero attached hydrogens (tertiary/aromatic N) is 1. The van der Waals surface area contributed by atoms with Crippen LogP contribution in [0.1, 0.15) is 5.56 Å². The molecule has 2 N–H and O–H groups in total. The van der Waals surface area contributed by atoms with Crippen LogP contribution in [-0.4, -0.2) is 32.7 Å². The van der Waals surface area contributed by atoms with E-state index in [0.717, 1.165) is 5.56 Å². The standard InChI is InChI=1S/C18H14N2O3S2/c21-14-8-6-13(7-9-14)19-16(22)11-20-17(23)15(25-18(20)24)10-12-4-2-1-3-5-12/h1-10,21H,11H2,(H,19,22)/b15-10+. The maximum Gasteiger partial charge on any atom is 0.266 e. The molecule has 2 aromatic carbocycles. The third-order valence-electron chi connectivity index (χ3n) is 3.42. The highest BCUT2D eigenvalue weighted by Crippen LogP contribution is 2.32. The summed E-state index contributed by atoms with van der Waals surface area (Å²) in [5.74, 6) is -0.524. The van der Waals surface area contributed by atoms with Crippen molar-refractivity contribution in [1.29, 1.82) is 0 Å². The van der Waals surface area contributed by atoms with Crippen molar-refractivity contribution in [3.05, 3.63) is 65.1 Å². The summed E-state index contributed by atoms with van der Waals surface area (Å²) in [5, 5.41) is 11.9. The van der Waals surface area contributed by atoms with E-state index in [-0.39, 0.29) is 24.1 Å². The number of anilines is 1. The summed E-state index contributed by atoms with van der Waals surface area (Å²) in [7, 11) is 0. The number of rotatable bonds is 4. The van der Waals surface area contributed by atoms with Gasteiger partial charge in [0.2, 0.25) is 5.91 Å². The second-order valence-electron chi connectivity index (χ2n) is 5.27. The number of carbonyl (C=O) groups is 2. The first-order valence-corrected chi connectivity index (χ1v) is 8.65. The Labute approximate surface area is 154 Å². The highest BCUT2D eigenvalue weighted by atomic mass is 32.2. The van der Waals surface area contributed by atoms with Gasteiger partial charge >= 0.3 is 0 Å². The van der Waals surface area contributed by atoms with Crippen molar-refractivity contribution in [2.24, 2.45) is 0 Å². The SMILES string of the molecule is O=C(CN1C(=O)/C(=C\c2ccccc2)SC1=S)Nc1ccc(O)cc1. The lowest BCUT2D eigenvalue weighted by Gasteiger charge is -2.14. The quantitative estimate of drug-likeness (QED) is 0.491. The molecular weight excluding hydrogens is 356 g/mol. The molecule has 1 aliphatic heterocycles. The molecule has 0 aromatic heterocycles. The molecule has 0 saturated carbocycles. The molecule has 1 heterocycles. The number of amides is 2. The van der Waals surface area contributed by atoms with Crippen LogP contribution in [0, 0.1) is 0 Å². The summed E-state index contributed by atoms with van der Waals surface area (Å²) in [5.41, 5.74) is 1.43. The largest absolute Gasteiger partial charge is 0.508 e. The minimum atomic E-state index is -0.358. The fourth-order valence-electron chi connectivity index (χ4n) is 2.23. The average Bonchev–Trinajstić information content (AvgIpc) is 2.85. The highest BCUT2D eigenvalue weighted by molar-refractivity contribution is 8.26. The minimum absolute atomic E-state index is 0.112. The van der Waals surface area contributed by atoms with Crippen molar-refractivity contribution in [2.75, 3.05) is 11.9 Å². The molecule has 1 fully saturated rings. The molecular formula is C18H14N2O3S2. The Morgan fingerprint density at radius 2 is 1.84 bits per heavy atom. The van der Waals surface area contributed by atoms with E-state index in [1.807, 2.05) is 30.3 Å². The minimum Gasteiger partial charge on any atom is -0.508 e. The van der Waals surface area contributed by atoms with Crippen LogP contribution >= 0.6 is 24.0 Å². The van der Waals surface area contributed by atoms with Gasteiger partial charge in [-0.1, -0.05) is 54.3 Å². The number of hydrogen-bond donors (Lipinski definition) is 2. The van der Waals surface area contributed by atoms with Crippen molar-refractivity contribution >= 4 is 51.9 Å². The normalized spacial score (nSPS) is 15.7. The van der Waals surface area contributed by atoms with Crippen LogP contribution in [0.15, 0.2) is 59.5 Å². The van der Waals surface area contributed by atoms with Crippen LogP contribution < -0.4 is 5.32 Å². The Morgan fingerprint density at radius 3 is 2.52 bits per heavy atom. The van der Waals surface area contributed by atoms with Crippen LogP contribution in [0.2, 0.25) is 0 Å². The fourth-order valence-corrected chi connectivity index (χ4v) is 3.48. The number of thioether (sulfide) groups is 1. The van der Waals surface area contributed by atoms with Gasteiger partial charge in [-0.3, -0.25) is 14.5 Å². The zero-order valence-electron chi connectivity index (χ0n) is 13.0. The van der Waals surface area contributed by atoms with Crippen LogP contribution in [-0.2, 0) is 9.59 Å². The Bertz CT molecular complexity index is 848. The van der Waals surface area contributed by atoms with Crippen molar-refractivity contribution < 1.29 is 14.7 Å². The molecule has 0 radical (unpaired) electrons. The van der Waals surface area contributed by atoms with E-state index in [1.54, 1.807) is 18.2 Å². The maximum atomic E-state index is 12.5. The number of aromatic hydroxyl groups is 1.